The van der Waals surface area contributed by atoms with Crippen LogP contribution in [0.3, 0.4) is 0 Å². The van der Waals surface area contributed by atoms with E-state index < -0.39 is 0 Å². The van der Waals surface area contributed by atoms with Gasteiger partial charge in [-0.15, -0.1) is 0 Å². The van der Waals surface area contributed by atoms with Gasteiger partial charge in [-0.2, -0.15) is 5.90 Å². The second-order valence-corrected chi connectivity index (χ2v) is 5.13. The quantitative estimate of drug-likeness (QED) is 0.390. The molecule has 0 aromatic heterocycles. The van der Waals surface area contributed by atoms with E-state index in [1.165, 1.54) is 64.2 Å². The van der Waals surface area contributed by atoms with Gasteiger partial charge in [-0.3, -0.25) is 4.79 Å². The molecule has 0 saturated carbocycles. The van der Waals surface area contributed by atoms with Crippen molar-refractivity contribution in [3.8, 4) is 0 Å². The highest BCUT2D eigenvalue weighted by Gasteiger charge is 1.99. The van der Waals surface area contributed by atoms with Gasteiger partial charge in [0.25, 0.3) is 0 Å². The van der Waals surface area contributed by atoms with E-state index >= 15 is 0 Å². The van der Waals surface area contributed by atoms with Crippen LogP contribution in [0.4, 0.5) is 0 Å². The van der Waals surface area contributed by atoms with Crippen LogP contribution in [0.5, 0.6) is 0 Å². The molecule has 2 N–H and O–H groups in total. The lowest BCUT2D eigenvalue weighted by Gasteiger charge is -2.02. The molecule has 0 aromatic rings. The van der Waals surface area contributed by atoms with E-state index in [0.717, 1.165) is 12.8 Å². The third-order valence-electron chi connectivity index (χ3n) is 3.37. The van der Waals surface area contributed by atoms with Gasteiger partial charge in [0, 0.05) is 6.42 Å². The first kappa shape index (κ1) is 17.4. The smallest absolute Gasteiger partial charge is 0.324 e. The lowest BCUT2D eigenvalue weighted by atomic mass is 10.0. The van der Waals surface area contributed by atoms with Crippen molar-refractivity contribution in [1.82, 2.24) is 0 Å². The molecular formula is C15H31NO2. The number of nitrogens with two attached hydrogens (primary N) is 1. The van der Waals surface area contributed by atoms with Gasteiger partial charge in [-0.05, 0) is 6.42 Å². The van der Waals surface area contributed by atoms with Crippen molar-refractivity contribution in [3.05, 3.63) is 0 Å². The van der Waals surface area contributed by atoms with E-state index in [9.17, 15) is 4.79 Å². The van der Waals surface area contributed by atoms with Crippen LogP contribution in [0.25, 0.3) is 0 Å². The van der Waals surface area contributed by atoms with E-state index in [1.807, 2.05) is 0 Å². The Morgan fingerprint density at radius 3 is 1.56 bits per heavy atom. The van der Waals surface area contributed by atoms with Gasteiger partial charge in [0.2, 0.25) is 0 Å². The third-order valence-corrected chi connectivity index (χ3v) is 3.37. The Bertz CT molecular complexity index is 183. The maximum atomic E-state index is 10.7. The van der Waals surface area contributed by atoms with E-state index in [-0.39, 0.29) is 5.97 Å². The first-order chi connectivity index (χ1) is 8.81. The summed E-state index contributed by atoms with van der Waals surface area (Å²) in [6.45, 7) is 2.26. The minimum atomic E-state index is -0.290. The second kappa shape index (κ2) is 14.5. The summed E-state index contributed by atoms with van der Waals surface area (Å²) in [4.78, 5) is 14.9. The van der Waals surface area contributed by atoms with Crippen LogP contribution in [-0.4, -0.2) is 5.97 Å². The largest absolute Gasteiger partial charge is 0.373 e. The number of carbonyl (C=O) groups is 1. The molecule has 3 heteroatoms. The van der Waals surface area contributed by atoms with E-state index in [0.29, 0.717) is 6.42 Å². The van der Waals surface area contributed by atoms with Gasteiger partial charge in [0.15, 0.2) is 0 Å². The van der Waals surface area contributed by atoms with Crippen molar-refractivity contribution >= 4 is 5.97 Å². The summed E-state index contributed by atoms with van der Waals surface area (Å²) in [5, 5.41) is 0. The Kier molecular flexibility index (Phi) is 14.0. The molecule has 0 radical (unpaired) electrons. The Morgan fingerprint density at radius 1 is 0.778 bits per heavy atom. The van der Waals surface area contributed by atoms with E-state index in [2.05, 4.69) is 11.8 Å². The molecule has 3 nitrogen and oxygen atoms in total. The van der Waals surface area contributed by atoms with Crippen LogP contribution in [0, 0.1) is 0 Å². The first-order valence-electron chi connectivity index (χ1n) is 7.70. The Balaban J connectivity index is 2.97. The lowest BCUT2D eigenvalue weighted by molar-refractivity contribution is -0.144. The standard InChI is InChI=1S/C15H31NO2/c1-2-3-4-5-6-7-8-9-10-11-12-13-14-15(17)18-16/h2-14,16H2,1H3. The highest BCUT2D eigenvalue weighted by molar-refractivity contribution is 5.68. The summed E-state index contributed by atoms with van der Waals surface area (Å²) in [7, 11) is 0. The van der Waals surface area contributed by atoms with Gasteiger partial charge in [0.1, 0.15) is 0 Å². The third kappa shape index (κ3) is 13.5. The van der Waals surface area contributed by atoms with E-state index in [1.54, 1.807) is 0 Å². The molecule has 0 atom stereocenters. The number of rotatable bonds is 13. The lowest BCUT2D eigenvalue weighted by Crippen LogP contribution is -2.08. The molecule has 0 aromatic carbocycles. The summed E-state index contributed by atoms with van der Waals surface area (Å²) in [6.07, 6.45) is 16.1. The number of carbonyl (C=O) groups excluding carboxylic acids is 1. The Labute approximate surface area is 112 Å². The number of hydrogen-bond donors (Lipinski definition) is 1. The summed E-state index contributed by atoms with van der Waals surface area (Å²) in [6, 6.07) is 0. The predicted octanol–water partition coefficient (Wildman–Crippen LogP) is 4.49. The molecule has 0 rings (SSSR count). The highest BCUT2D eigenvalue weighted by Crippen LogP contribution is 2.12. The monoisotopic (exact) mass is 257 g/mol. The van der Waals surface area contributed by atoms with Crippen molar-refractivity contribution in [2.75, 3.05) is 0 Å². The fourth-order valence-electron chi connectivity index (χ4n) is 2.17. The molecule has 108 valence electrons. The zero-order valence-corrected chi connectivity index (χ0v) is 12.1. The summed E-state index contributed by atoms with van der Waals surface area (Å²) in [5.41, 5.74) is 0. The topological polar surface area (TPSA) is 52.3 Å². The van der Waals surface area contributed by atoms with Gasteiger partial charge >= 0.3 is 5.97 Å². The van der Waals surface area contributed by atoms with Crippen molar-refractivity contribution in [2.45, 2.75) is 90.4 Å². The summed E-state index contributed by atoms with van der Waals surface area (Å²) in [5.74, 6) is 4.47. The molecule has 0 amide bonds. The van der Waals surface area contributed by atoms with Crippen molar-refractivity contribution in [3.63, 3.8) is 0 Å². The molecule has 18 heavy (non-hydrogen) atoms. The van der Waals surface area contributed by atoms with Crippen molar-refractivity contribution < 1.29 is 9.63 Å². The summed E-state index contributed by atoms with van der Waals surface area (Å²) >= 11 is 0. The SMILES string of the molecule is CCCCCCCCCCCCCCC(=O)ON. The van der Waals surface area contributed by atoms with Crippen LogP contribution in [0.1, 0.15) is 90.4 Å². The summed E-state index contributed by atoms with van der Waals surface area (Å²) < 4.78 is 0. The fraction of sp³-hybridized carbons (Fsp3) is 0.933. The van der Waals surface area contributed by atoms with Gasteiger partial charge < -0.3 is 4.84 Å². The van der Waals surface area contributed by atoms with E-state index in [4.69, 9.17) is 5.90 Å². The van der Waals surface area contributed by atoms with Gasteiger partial charge in [0.05, 0.1) is 0 Å². The fourth-order valence-corrected chi connectivity index (χ4v) is 2.17. The minimum absolute atomic E-state index is 0.290. The van der Waals surface area contributed by atoms with Crippen LogP contribution in [0.15, 0.2) is 0 Å². The van der Waals surface area contributed by atoms with Gasteiger partial charge in [-0.1, -0.05) is 77.6 Å². The maximum Gasteiger partial charge on any atom is 0.324 e. The molecule has 0 unspecified atom stereocenters. The molecule has 0 spiro atoms. The first-order valence-corrected chi connectivity index (χ1v) is 7.70. The Hall–Kier alpha value is -0.570. The molecule has 0 fully saturated rings. The van der Waals surface area contributed by atoms with Gasteiger partial charge in [-0.25, -0.2) is 0 Å². The molecule has 0 aliphatic heterocycles. The van der Waals surface area contributed by atoms with Crippen LogP contribution in [0.2, 0.25) is 0 Å². The second-order valence-electron chi connectivity index (χ2n) is 5.13. The minimum Gasteiger partial charge on any atom is -0.373 e. The average molecular weight is 257 g/mol. The molecule has 0 aliphatic rings. The van der Waals surface area contributed by atoms with Crippen molar-refractivity contribution in [1.29, 1.82) is 0 Å². The van der Waals surface area contributed by atoms with Crippen molar-refractivity contribution in [2.24, 2.45) is 5.90 Å². The number of unbranched alkanes of at least 4 members (excludes halogenated alkanes) is 11. The normalized spacial score (nSPS) is 10.6. The zero-order valence-electron chi connectivity index (χ0n) is 12.1. The molecule has 0 saturated heterocycles. The zero-order chi connectivity index (χ0) is 13.5. The van der Waals surface area contributed by atoms with Crippen LogP contribution in [-0.2, 0) is 9.63 Å². The molecule has 0 aliphatic carbocycles. The number of hydrogen-bond acceptors (Lipinski definition) is 3. The maximum absolute atomic E-state index is 10.7. The van der Waals surface area contributed by atoms with Crippen LogP contribution >= 0.6 is 0 Å². The van der Waals surface area contributed by atoms with Crippen LogP contribution < -0.4 is 5.90 Å². The average Bonchev–Trinajstić information content (AvgIpc) is 2.39. The molecule has 0 heterocycles. The molecule has 0 bridgehead atoms. The highest BCUT2D eigenvalue weighted by atomic mass is 16.7. The Morgan fingerprint density at radius 2 is 1.17 bits per heavy atom. The predicted molar refractivity (Wildman–Crippen MR) is 76.0 cm³/mol. The molecular weight excluding hydrogens is 226 g/mol.